The van der Waals surface area contributed by atoms with Crippen molar-refractivity contribution in [2.24, 2.45) is 23.7 Å². The summed E-state index contributed by atoms with van der Waals surface area (Å²) in [6.45, 7) is 6.66. The Balaban J connectivity index is 1.43. The van der Waals surface area contributed by atoms with E-state index in [-0.39, 0.29) is 18.4 Å². The maximum absolute atomic E-state index is 6.35. The molecule has 8 atom stereocenters. The van der Waals surface area contributed by atoms with Crippen molar-refractivity contribution in [3.05, 3.63) is 17.0 Å². The zero-order valence-corrected chi connectivity index (χ0v) is 16.6. The zero-order valence-electron chi connectivity index (χ0n) is 15.9. The molecule has 5 heterocycles. The van der Waals surface area contributed by atoms with Crippen LogP contribution in [0, 0.1) is 23.7 Å². The molecule has 1 aromatic heterocycles. The summed E-state index contributed by atoms with van der Waals surface area (Å²) in [5, 5.41) is 4.00. The van der Waals surface area contributed by atoms with Crippen molar-refractivity contribution >= 4 is 11.6 Å². The number of rotatable bonds is 3. The van der Waals surface area contributed by atoms with Crippen LogP contribution in [-0.2, 0) is 30.6 Å². The van der Waals surface area contributed by atoms with Crippen LogP contribution in [0.4, 0.5) is 0 Å². The molecule has 6 rings (SSSR count). The molecular formula is C19H26ClNO6. The Morgan fingerprint density at radius 3 is 2.85 bits per heavy atom. The number of hydrogen-bond acceptors (Lipinski definition) is 7. The second kappa shape index (κ2) is 6.40. The van der Waals surface area contributed by atoms with E-state index in [1.807, 2.05) is 6.92 Å². The molecule has 0 unspecified atom stereocenters. The Labute approximate surface area is 163 Å². The summed E-state index contributed by atoms with van der Waals surface area (Å²) in [6.07, 6.45) is 4.59. The van der Waals surface area contributed by atoms with E-state index in [9.17, 15) is 0 Å². The lowest BCUT2D eigenvalue weighted by Gasteiger charge is -2.60. The molecule has 5 fully saturated rings. The monoisotopic (exact) mass is 399 g/mol. The molecule has 1 aromatic rings. The summed E-state index contributed by atoms with van der Waals surface area (Å²) >= 11 is 6.01. The molecule has 4 aliphatic heterocycles. The minimum atomic E-state index is -0.777. The Morgan fingerprint density at radius 1 is 1.22 bits per heavy atom. The van der Waals surface area contributed by atoms with Gasteiger partial charge in [-0.2, -0.15) is 0 Å². The van der Waals surface area contributed by atoms with Gasteiger partial charge in [-0.3, -0.25) is 0 Å². The summed E-state index contributed by atoms with van der Waals surface area (Å²) in [6, 6.07) is 0. The third-order valence-electron chi connectivity index (χ3n) is 7.09. The van der Waals surface area contributed by atoms with E-state index in [0.29, 0.717) is 22.6 Å². The quantitative estimate of drug-likeness (QED) is 0.710. The van der Waals surface area contributed by atoms with Crippen molar-refractivity contribution in [3.8, 4) is 0 Å². The number of aromatic nitrogens is 1. The average molecular weight is 400 g/mol. The van der Waals surface area contributed by atoms with Crippen LogP contribution in [0.1, 0.15) is 52.0 Å². The van der Waals surface area contributed by atoms with Gasteiger partial charge in [0.25, 0.3) is 0 Å². The summed E-state index contributed by atoms with van der Waals surface area (Å²) in [5.41, 5.74) is 0.139. The van der Waals surface area contributed by atoms with Crippen LogP contribution in [0.2, 0.25) is 5.15 Å². The fraction of sp³-hybridized carbons (Fsp3) is 0.842. The van der Waals surface area contributed by atoms with Crippen molar-refractivity contribution in [1.82, 2.24) is 5.16 Å². The molecule has 150 valence electrons. The minimum absolute atomic E-state index is 0.129. The molecule has 2 bridgehead atoms. The predicted octanol–water partition coefficient (Wildman–Crippen LogP) is 4.05. The fourth-order valence-electron chi connectivity index (χ4n) is 5.57. The first-order valence-corrected chi connectivity index (χ1v) is 10.2. The van der Waals surface area contributed by atoms with Gasteiger partial charge in [0, 0.05) is 18.3 Å². The van der Waals surface area contributed by atoms with E-state index < -0.39 is 24.0 Å². The number of fused-ring (bicyclic) bond motifs is 2. The van der Waals surface area contributed by atoms with Gasteiger partial charge in [-0.25, -0.2) is 9.78 Å². The third-order valence-corrected chi connectivity index (χ3v) is 7.40. The molecule has 1 saturated carbocycles. The molecule has 8 heteroatoms. The molecule has 5 aliphatic rings. The van der Waals surface area contributed by atoms with Gasteiger partial charge < -0.3 is 18.7 Å². The standard InChI is InChI=1S/C19H26ClNO6/c1-10-4-5-14-11(2)16(22-8-12-9-23-21-15(12)20)24-17-19(14)13(10)6-7-18(3,25-17)26-27-19/h9-11,13-14,16-17H,4-8H2,1-3H3/t10-,11-,13+,14+,16+,17-,18-,19-/m1/s1. The second-order valence-corrected chi connectivity index (χ2v) is 9.07. The van der Waals surface area contributed by atoms with Crippen LogP contribution >= 0.6 is 11.6 Å². The van der Waals surface area contributed by atoms with Gasteiger partial charge in [0.05, 0.1) is 12.2 Å². The summed E-state index contributed by atoms with van der Waals surface area (Å²) in [7, 11) is 0. The normalized spacial score (nSPS) is 48.9. The Morgan fingerprint density at radius 2 is 2.07 bits per heavy atom. The smallest absolute Gasteiger partial charge is 0.201 e. The van der Waals surface area contributed by atoms with E-state index in [1.54, 1.807) is 0 Å². The van der Waals surface area contributed by atoms with Crippen molar-refractivity contribution in [2.75, 3.05) is 0 Å². The third kappa shape index (κ3) is 2.70. The fourth-order valence-corrected chi connectivity index (χ4v) is 5.71. The van der Waals surface area contributed by atoms with Crippen LogP contribution in [0.25, 0.3) is 0 Å². The lowest BCUT2D eigenvalue weighted by molar-refractivity contribution is -0.577. The van der Waals surface area contributed by atoms with E-state index in [4.69, 9.17) is 40.1 Å². The number of halogens is 1. The number of nitrogens with zero attached hydrogens (tertiary/aromatic N) is 1. The van der Waals surface area contributed by atoms with Crippen LogP contribution in [0.3, 0.4) is 0 Å². The van der Waals surface area contributed by atoms with Gasteiger partial charge in [0.2, 0.25) is 5.79 Å². The summed E-state index contributed by atoms with van der Waals surface area (Å²) < 4.78 is 23.6. The lowest BCUT2D eigenvalue weighted by Crippen LogP contribution is -2.70. The highest BCUT2D eigenvalue weighted by Crippen LogP contribution is 2.60. The van der Waals surface area contributed by atoms with Gasteiger partial charge in [0.15, 0.2) is 23.3 Å². The molecule has 1 spiro atoms. The Bertz CT molecular complexity index is 714. The largest absolute Gasteiger partial charge is 0.363 e. The predicted molar refractivity (Wildman–Crippen MR) is 93.1 cm³/mol. The number of ether oxygens (including phenoxy) is 3. The Hall–Kier alpha value is -0.700. The molecule has 7 nitrogen and oxygen atoms in total. The van der Waals surface area contributed by atoms with Crippen molar-refractivity contribution in [1.29, 1.82) is 0 Å². The molecule has 0 N–H and O–H groups in total. The van der Waals surface area contributed by atoms with Crippen LogP contribution in [0.5, 0.6) is 0 Å². The molecule has 0 aromatic carbocycles. The zero-order chi connectivity index (χ0) is 18.8. The molecule has 0 amide bonds. The average Bonchev–Trinajstić information content (AvgIpc) is 2.91. The first kappa shape index (κ1) is 18.3. The van der Waals surface area contributed by atoms with Gasteiger partial charge >= 0.3 is 0 Å². The van der Waals surface area contributed by atoms with E-state index >= 15 is 0 Å². The lowest BCUT2D eigenvalue weighted by atomic mass is 9.58. The maximum atomic E-state index is 6.35. The highest BCUT2D eigenvalue weighted by atomic mass is 35.5. The van der Waals surface area contributed by atoms with Crippen molar-refractivity contribution < 1.29 is 28.5 Å². The summed E-state index contributed by atoms with van der Waals surface area (Å²) in [4.78, 5) is 11.9. The highest BCUT2D eigenvalue weighted by molar-refractivity contribution is 6.30. The van der Waals surface area contributed by atoms with Gasteiger partial charge in [0.1, 0.15) is 6.26 Å². The van der Waals surface area contributed by atoms with Gasteiger partial charge in [-0.05, 0) is 38.0 Å². The first-order valence-electron chi connectivity index (χ1n) is 9.83. The molecular weight excluding hydrogens is 374 g/mol. The van der Waals surface area contributed by atoms with Crippen LogP contribution in [-0.4, -0.2) is 29.1 Å². The highest BCUT2D eigenvalue weighted by Gasteiger charge is 2.69. The summed E-state index contributed by atoms with van der Waals surface area (Å²) in [5.74, 6) is 0.482. The molecule has 0 radical (unpaired) electrons. The minimum Gasteiger partial charge on any atom is -0.363 e. The topological polar surface area (TPSA) is 72.2 Å². The van der Waals surface area contributed by atoms with Gasteiger partial charge in [-0.1, -0.05) is 30.6 Å². The van der Waals surface area contributed by atoms with Gasteiger partial charge in [-0.15, -0.1) is 0 Å². The first-order chi connectivity index (χ1) is 12.9. The van der Waals surface area contributed by atoms with Crippen LogP contribution in [0.15, 0.2) is 10.8 Å². The number of hydrogen-bond donors (Lipinski definition) is 0. The Kier molecular flexibility index (Phi) is 4.35. The molecule has 4 saturated heterocycles. The van der Waals surface area contributed by atoms with E-state index in [0.717, 1.165) is 19.3 Å². The van der Waals surface area contributed by atoms with E-state index in [1.165, 1.54) is 12.7 Å². The molecule has 1 aliphatic carbocycles. The molecule has 27 heavy (non-hydrogen) atoms. The van der Waals surface area contributed by atoms with Crippen molar-refractivity contribution in [2.45, 2.75) is 77.0 Å². The van der Waals surface area contributed by atoms with E-state index in [2.05, 4.69) is 19.0 Å². The maximum Gasteiger partial charge on any atom is 0.201 e. The van der Waals surface area contributed by atoms with Crippen LogP contribution < -0.4 is 0 Å². The van der Waals surface area contributed by atoms with Crippen molar-refractivity contribution in [3.63, 3.8) is 0 Å². The second-order valence-electron chi connectivity index (χ2n) is 8.72. The SMILES string of the molecule is C[C@H]1[C@@H](OCc2conc2Cl)O[C@@H]2O[C@@]3(C)CC[C@H]4[C@H](C)CC[C@@H]1[C@@]24OO3.